The highest BCUT2D eigenvalue weighted by Gasteiger charge is 2.17. The Hall–Kier alpha value is -4.14. The number of nitrogens with zero attached hydrogens (tertiary/aromatic N) is 4. The van der Waals surface area contributed by atoms with Gasteiger partial charge in [0.05, 0.1) is 31.8 Å². The van der Waals surface area contributed by atoms with Crippen molar-refractivity contribution in [3.63, 3.8) is 0 Å². The average molecular weight is 391 g/mol. The van der Waals surface area contributed by atoms with Crippen molar-refractivity contribution >= 4 is 17.1 Å². The maximum absolute atomic E-state index is 9.93. The maximum Gasteiger partial charge on any atom is 0.222 e. The normalized spacial score (nSPS) is 10.8. The van der Waals surface area contributed by atoms with E-state index < -0.39 is 0 Å². The Morgan fingerprint density at radius 1 is 0.793 bits per heavy atom. The number of aromatic hydroxyl groups is 2. The molecule has 0 unspecified atom stereocenters. The van der Waals surface area contributed by atoms with E-state index in [0.29, 0.717) is 45.2 Å². The predicted octanol–water partition coefficient (Wildman–Crippen LogP) is 2.76. The van der Waals surface area contributed by atoms with Crippen molar-refractivity contribution in [3.8, 4) is 45.5 Å². The van der Waals surface area contributed by atoms with Crippen LogP contribution >= 0.6 is 0 Å². The first kappa shape index (κ1) is 18.2. The molecule has 0 saturated carbocycles. The van der Waals surface area contributed by atoms with Gasteiger partial charge in [-0.25, -0.2) is 15.0 Å². The van der Waals surface area contributed by atoms with Gasteiger partial charge in [-0.2, -0.15) is 4.98 Å². The zero-order valence-corrected chi connectivity index (χ0v) is 15.6. The molecule has 0 amide bonds. The number of phenols is 2. The lowest BCUT2D eigenvalue weighted by Crippen LogP contribution is -2.01. The summed E-state index contributed by atoms with van der Waals surface area (Å²) in [6, 6.07) is 9.73. The molecular weight excluding hydrogens is 374 g/mol. The molecule has 0 spiro atoms. The predicted molar refractivity (Wildman–Crippen MR) is 107 cm³/mol. The molecule has 2 heterocycles. The van der Waals surface area contributed by atoms with Gasteiger partial charge in [-0.05, 0) is 36.4 Å². The molecule has 0 bridgehead atoms. The molecule has 0 aliphatic rings. The molecule has 4 rings (SSSR count). The minimum absolute atomic E-state index is 0.00409. The van der Waals surface area contributed by atoms with Gasteiger partial charge in [-0.3, -0.25) is 0 Å². The van der Waals surface area contributed by atoms with Crippen LogP contribution in [0.2, 0.25) is 0 Å². The molecule has 4 aromatic rings. The summed E-state index contributed by atoms with van der Waals surface area (Å²) in [5, 5.41) is 19.9. The van der Waals surface area contributed by atoms with Crippen LogP contribution in [-0.2, 0) is 0 Å². The van der Waals surface area contributed by atoms with E-state index in [9.17, 15) is 10.2 Å². The summed E-state index contributed by atoms with van der Waals surface area (Å²) in [5.74, 6) is 0.687. The lowest BCUT2D eigenvalue weighted by Gasteiger charge is -2.13. The van der Waals surface area contributed by atoms with E-state index in [0.717, 1.165) is 0 Å². The van der Waals surface area contributed by atoms with Gasteiger partial charge in [0.15, 0.2) is 28.6 Å². The molecular formula is C20H17N5O4. The third-order valence-electron chi connectivity index (χ3n) is 4.35. The number of anilines is 1. The van der Waals surface area contributed by atoms with Crippen LogP contribution in [0, 0.1) is 0 Å². The second-order valence-corrected chi connectivity index (χ2v) is 6.13. The van der Waals surface area contributed by atoms with E-state index >= 15 is 0 Å². The zero-order valence-electron chi connectivity index (χ0n) is 15.6. The molecule has 9 nitrogen and oxygen atoms in total. The van der Waals surface area contributed by atoms with E-state index in [1.165, 1.54) is 32.5 Å². The number of hydrogen-bond donors (Lipinski definition) is 3. The Morgan fingerprint density at radius 3 is 1.90 bits per heavy atom. The van der Waals surface area contributed by atoms with Crippen molar-refractivity contribution in [3.05, 3.63) is 42.6 Å². The summed E-state index contributed by atoms with van der Waals surface area (Å²) >= 11 is 0. The van der Waals surface area contributed by atoms with Gasteiger partial charge < -0.3 is 25.4 Å². The van der Waals surface area contributed by atoms with Crippen molar-refractivity contribution in [1.29, 1.82) is 0 Å². The standard InChI is InChI=1S/C20H17N5O4/c1-28-15-7-10(3-5-13(15)26)17-18(11-4-6-14(27)16(8-11)29-2)24-19-12(23-17)9-22-20(21)25-19/h3-9,26-27H,1-2H3,(H2,21,22,24,25). The Bertz CT molecular complexity index is 1230. The highest BCUT2D eigenvalue weighted by atomic mass is 16.5. The molecule has 0 radical (unpaired) electrons. The van der Waals surface area contributed by atoms with Crippen molar-refractivity contribution in [2.75, 3.05) is 20.0 Å². The number of fused-ring (bicyclic) bond motifs is 1. The summed E-state index contributed by atoms with van der Waals surface area (Å²) in [6.07, 6.45) is 1.49. The van der Waals surface area contributed by atoms with E-state index in [4.69, 9.17) is 15.2 Å². The van der Waals surface area contributed by atoms with E-state index in [2.05, 4.69) is 19.9 Å². The third-order valence-corrected chi connectivity index (χ3v) is 4.35. The zero-order chi connectivity index (χ0) is 20.5. The summed E-state index contributed by atoms with van der Waals surface area (Å²) in [6.45, 7) is 0. The lowest BCUT2D eigenvalue weighted by molar-refractivity contribution is 0.373. The Kier molecular flexibility index (Phi) is 4.47. The number of nitrogen functional groups attached to an aromatic ring is 1. The summed E-state index contributed by atoms with van der Waals surface area (Å²) in [7, 11) is 2.93. The number of nitrogens with two attached hydrogens (primary N) is 1. The average Bonchev–Trinajstić information content (AvgIpc) is 2.73. The Balaban J connectivity index is 2.02. The number of benzene rings is 2. The smallest absolute Gasteiger partial charge is 0.222 e. The van der Waals surface area contributed by atoms with Crippen molar-refractivity contribution in [2.24, 2.45) is 0 Å². The minimum Gasteiger partial charge on any atom is -0.504 e. The van der Waals surface area contributed by atoms with Crippen LogP contribution in [0.25, 0.3) is 33.7 Å². The lowest BCUT2D eigenvalue weighted by atomic mass is 10.0. The number of hydrogen-bond acceptors (Lipinski definition) is 9. The van der Waals surface area contributed by atoms with Crippen LogP contribution in [-0.4, -0.2) is 44.4 Å². The molecule has 146 valence electrons. The molecule has 0 saturated heterocycles. The molecule has 0 atom stereocenters. The van der Waals surface area contributed by atoms with E-state index in [1.807, 2.05) is 0 Å². The largest absolute Gasteiger partial charge is 0.504 e. The van der Waals surface area contributed by atoms with Crippen LogP contribution in [0.4, 0.5) is 5.95 Å². The second kappa shape index (κ2) is 7.12. The van der Waals surface area contributed by atoms with Gasteiger partial charge in [-0.1, -0.05) is 0 Å². The summed E-state index contributed by atoms with van der Waals surface area (Å²) in [5.41, 5.74) is 8.78. The number of aromatic nitrogens is 4. The van der Waals surface area contributed by atoms with Gasteiger partial charge in [0.2, 0.25) is 5.95 Å². The first-order valence-corrected chi connectivity index (χ1v) is 8.55. The second-order valence-electron chi connectivity index (χ2n) is 6.13. The number of phenolic OH excluding ortho intramolecular Hbond substituents is 2. The fraction of sp³-hybridized carbons (Fsp3) is 0.100. The topological polar surface area (TPSA) is 136 Å². The fourth-order valence-corrected chi connectivity index (χ4v) is 2.93. The van der Waals surface area contributed by atoms with Gasteiger partial charge in [-0.15, -0.1) is 0 Å². The monoisotopic (exact) mass is 391 g/mol. The molecule has 0 aliphatic heterocycles. The van der Waals surface area contributed by atoms with Crippen LogP contribution in [0.1, 0.15) is 0 Å². The Morgan fingerprint density at radius 2 is 1.34 bits per heavy atom. The van der Waals surface area contributed by atoms with E-state index in [1.54, 1.807) is 24.3 Å². The van der Waals surface area contributed by atoms with Gasteiger partial charge >= 0.3 is 0 Å². The van der Waals surface area contributed by atoms with Gasteiger partial charge in [0.1, 0.15) is 5.52 Å². The van der Waals surface area contributed by atoms with Crippen LogP contribution in [0.15, 0.2) is 42.6 Å². The first-order chi connectivity index (χ1) is 14.0. The molecule has 0 aliphatic carbocycles. The number of methoxy groups -OCH3 is 2. The molecule has 29 heavy (non-hydrogen) atoms. The molecule has 0 fully saturated rings. The van der Waals surface area contributed by atoms with Crippen molar-refractivity contribution < 1.29 is 19.7 Å². The quantitative estimate of drug-likeness (QED) is 0.479. The van der Waals surface area contributed by atoms with Crippen LogP contribution < -0.4 is 15.2 Å². The van der Waals surface area contributed by atoms with Gasteiger partial charge in [0, 0.05) is 11.1 Å². The molecule has 4 N–H and O–H groups in total. The Labute approximate surface area is 165 Å². The maximum atomic E-state index is 9.93. The van der Waals surface area contributed by atoms with Crippen LogP contribution in [0.5, 0.6) is 23.0 Å². The number of rotatable bonds is 4. The molecule has 2 aromatic heterocycles. The minimum atomic E-state index is 0.00409. The van der Waals surface area contributed by atoms with Crippen molar-refractivity contribution in [2.45, 2.75) is 0 Å². The van der Waals surface area contributed by atoms with Crippen LogP contribution in [0.3, 0.4) is 0 Å². The van der Waals surface area contributed by atoms with Crippen molar-refractivity contribution in [1.82, 2.24) is 19.9 Å². The molecule has 9 heteroatoms. The summed E-state index contributed by atoms with van der Waals surface area (Å²) < 4.78 is 10.4. The molecule has 2 aromatic carbocycles. The number of ether oxygens (including phenoxy) is 2. The van der Waals surface area contributed by atoms with E-state index in [-0.39, 0.29) is 17.4 Å². The highest BCUT2D eigenvalue weighted by Crippen LogP contribution is 2.38. The van der Waals surface area contributed by atoms with Gasteiger partial charge in [0.25, 0.3) is 0 Å². The highest BCUT2D eigenvalue weighted by molar-refractivity contribution is 5.85. The first-order valence-electron chi connectivity index (χ1n) is 8.55. The SMILES string of the molecule is COc1cc(-c2nc3cnc(N)nc3nc2-c2ccc(O)c(OC)c2)ccc1O. The summed E-state index contributed by atoms with van der Waals surface area (Å²) in [4.78, 5) is 17.4. The third kappa shape index (κ3) is 3.29. The fourth-order valence-electron chi connectivity index (χ4n) is 2.93.